The molecule has 0 spiro atoms. The molecule has 1 N–H and O–H groups in total. The van der Waals surface area contributed by atoms with Crippen LogP contribution in [0.4, 0.5) is 5.82 Å². The van der Waals surface area contributed by atoms with Crippen LogP contribution in [0.5, 0.6) is 0 Å². The van der Waals surface area contributed by atoms with E-state index in [2.05, 4.69) is 9.80 Å². The van der Waals surface area contributed by atoms with Crippen LogP contribution in [0.2, 0.25) is 0 Å². The van der Waals surface area contributed by atoms with Crippen LogP contribution < -0.4 is 10.5 Å². The predicted molar refractivity (Wildman–Crippen MR) is 110 cm³/mol. The van der Waals surface area contributed by atoms with Crippen LogP contribution in [-0.4, -0.2) is 63.4 Å². The minimum atomic E-state index is -0.0673. The summed E-state index contributed by atoms with van der Waals surface area (Å²) in [5.41, 5.74) is 1.36. The summed E-state index contributed by atoms with van der Waals surface area (Å²) in [6.07, 6.45) is 7.93. The van der Waals surface area contributed by atoms with Gasteiger partial charge >= 0.3 is 0 Å². The van der Waals surface area contributed by atoms with Gasteiger partial charge < -0.3 is 14.9 Å². The highest BCUT2D eigenvalue weighted by atomic mass is 16.3. The summed E-state index contributed by atoms with van der Waals surface area (Å²) in [4.78, 5) is 27.7. The summed E-state index contributed by atoms with van der Waals surface area (Å²) in [6, 6.07) is 2.43. The second-order valence-corrected chi connectivity index (χ2v) is 8.38. The van der Waals surface area contributed by atoms with Gasteiger partial charge in [-0.05, 0) is 44.2 Å². The fourth-order valence-corrected chi connectivity index (χ4v) is 4.47. The van der Waals surface area contributed by atoms with Crippen molar-refractivity contribution in [2.24, 2.45) is 0 Å². The zero-order valence-corrected chi connectivity index (χ0v) is 16.3. The van der Waals surface area contributed by atoms with Crippen molar-refractivity contribution in [1.82, 2.24) is 19.4 Å². The van der Waals surface area contributed by atoms with Crippen LogP contribution in [0.15, 0.2) is 22.6 Å². The first kappa shape index (κ1) is 17.8. The van der Waals surface area contributed by atoms with Crippen molar-refractivity contribution in [2.45, 2.75) is 44.6 Å². The molecule has 0 aromatic carbocycles. The average Bonchev–Trinajstić information content (AvgIpc) is 3.58. The van der Waals surface area contributed by atoms with Gasteiger partial charge in [0.05, 0.1) is 23.7 Å². The van der Waals surface area contributed by atoms with Gasteiger partial charge in [-0.15, -0.1) is 0 Å². The number of hydrogen-bond donors (Lipinski definition) is 1. The van der Waals surface area contributed by atoms with Gasteiger partial charge in [-0.3, -0.25) is 9.36 Å². The van der Waals surface area contributed by atoms with Crippen molar-refractivity contribution >= 4 is 22.9 Å². The third-order valence-corrected chi connectivity index (χ3v) is 6.29. The van der Waals surface area contributed by atoms with Gasteiger partial charge in [0.25, 0.3) is 5.56 Å². The van der Waals surface area contributed by atoms with E-state index in [0.717, 1.165) is 69.1 Å². The molecule has 3 saturated heterocycles. The molecule has 2 aromatic rings. The van der Waals surface area contributed by atoms with Gasteiger partial charge in [-0.25, -0.2) is 9.97 Å². The summed E-state index contributed by atoms with van der Waals surface area (Å²) < 4.78 is 1.65. The summed E-state index contributed by atoms with van der Waals surface area (Å²) in [6.45, 7) is 6.07. The average molecular weight is 381 g/mol. The molecule has 2 aromatic heterocycles. The largest absolute Gasteiger partial charge is 0.392 e. The Hall–Kier alpha value is -2.25. The normalized spacial score (nSPS) is 25.4. The third-order valence-electron chi connectivity index (χ3n) is 6.29. The first-order valence-corrected chi connectivity index (χ1v) is 10.3. The minimum Gasteiger partial charge on any atom is -0.392 e. The first-order chi connectivity index (χ1) is 13.6. The highest BCUT2D eigenvalue weighted by Gasteiger charge is 2.31. The van der Waals surface area contributed by atoms with Crippen LogP contribution in [0, 0.1) is 0 Å². The Bertz CT molecular complexity index is 986. The number of aromatic nitrogens is 3. The number of rotatable bonds is 4. The molecule has 1 aliphatic carbocycles. The van der Waals surface area contributed by atoms with Crippen LogP contribution in [0.3, 0.4) is 0 Å². The van der Waals surface area contributed by atoms with E-state index in [9.17, 15) is 9.90 Å². The van der Waals surface area contributed by atoms with Crippen LogP contribution in [0.25, 0.3) is 17.1 Å². The standard InChI is InChI=1S/C21H27N5O2/c1-14(13-27)12-26-20(15-2-3-15)23-18-11-22-19(10-17(18)21(26)28)25-9-8-24-6-4-16(25)5-7-24/h10-12,15-16,27H,2-9,13H2,1H3/b14-12+. The quantitative estimate of drug-likeness (QED) is 0.871. The number of pyridine rings is 1. The molecule has 5 heterocycles. The number of nitrogens with zero attached hydrogens (tertiary/aromatic N) is 5. The lowest BCUT2D eigenvalue weighted by Crippen LogP contribution is -2.38. The molecule has 7 nitrogen and oxygen atoms in total. The van der Waals surface area contributed by atoms with E-state index < -0.39 is 0 Å². The Morgan fingerprint density at radius 1 is 1.21 bits per heavy atom. The molecule has 2 bridgehead atoms. The van der Waals surface area contributed by atoms with Gasteiger partial charge in [0.15, 0.2) is 0 Å². The van der Waals surface area contributed by atoms with E-state index >= 15 is 0 Å². The molecular formula is C21H27N5O2. The Morgan fingerprint density at radius 2 is 2.00 bits per heavy atom. The van der Waals surface area contributed by atoms with Crippen molar-refractivity contribution in [3.05, 3.63) is 34.0 Å². The van der Waals surface area contributed by atoms with E-state index in [0.29, 0.717) is 22.9 Å². The SMILES string of the molecule is C/C(=C\n1c(C2CC2)nc2cnc(N3CCN4CCC3CC4)cc2c1=O)CO. The second-order valence-electron chi connectivity index (χ2n) is 8.38. The van der Waals surface area contributed by atoms with Gasteiger partial charge in [0.1, 0.15) is 11.6 Å². The van der Waals surface area contributed by atoms with Crippen molar-refractivity contribution in [3.8, 4) is 0 Å². The topological polar surface area (TPSA) is 74.5 Å². The lowest BCUT2D eigenvalue weighted by Gasteiger charge is -2.32. The zero-order valence-electron chi connectivity index (χ0n) is 16.3. The smallest absolute Gasteiger partial charge is 0.265 e. The van der Waals surface area contributed by atoms with Gasteiger partial charge in [-0.2, -0.15) is 0 Å². The second kappa shape index (κ2) is 6.97. The number of aliphatic hydroxyl groups excluding tert-OH is 1. The number of hydrogen-bond acceptors (Lipinski definition) is 6. The number of fused-ring (bicyclic) bond motifs is 5. The fourth-order valence-electron chi connectivity index (χ4n) is 4.47. The Balaban J connectivity index is 1.62. The van der Waals surface area contributed by atoms with E-state index in [1.54, 1.807) is 17.0 Å². The minimum absolute atomic E-state index is 0.0637. The Labute approximate surface area is 164 Å². The molecule has 28 heavy (non-hydrogen) atoms. The van der Waals surface area contributed by atoms with Crippen LogP contribution in [-0.2, 0) is 0 Å². The van der Waals surface area contributed by atoms with Crippen molar-refractivity contribution in [2.75, 3.05) is 37.7 Å². The number of piperidine rings is 1. The maximum Gasteiger partial charge on any atom is 0.265 e. The van der Waals surface area contributed by atoms with E-state index in [-0.39, 0.29) is 12.2 Å². The Kier molecular flexibility index (Phi) is 4.44. The highest BCUT2D eigenvalue weighted by molar-refractivity contribution is 5.80. The molecule has 0 radical (unpaired) electrons. The van der Waals surface area contributed by atoms with E-state index in [1.807, 2.05) is 13.0 Å². The van der Waals surface area contributed by atoms with Crippen molar-refractivity contribution in [1.29, 1.82) is 0 Å². The molecule has 0 atom stereocenters. The molecule has 6 rings (SSSR count). The summed E-state index contributed by atoms with van der Waals surface area (Å²) in [7, 11) is 0. The first-order valence-electron chi connectivity index (χ1n) is 10.3. The monoisotopic (exact) mass is 381 g/mol. The summed E-state index contributed by atoms with van der Waals surface area (Å²) in [5.74, 6) is 2.00. The van der Waals surface area contributed by atoms with Crippen LogP contribution in [0.1, 0.15) is 44.3 Å². The number of anilines is 1. The molecule has 0 amide bonds. The molecule has 4 aliphatic rings. The summed E-state index contributed by atoms with van der Waals surface area (Å²) >= 11 is 0. The molecule has 7 heteroatoms. The molecule has 1 saturated carbocycles. The van der Waals surface area contributed by atoms with Crippen molar-refractivity contribution in [3.63, 3.8) is 0 Å². The molecule has 0 unspecified atom stereocenters. The van der Waals surface area contributed by atoms with Gasteiger partial charge in [0.2, 0.25) is 0 Å². The summed E-state index contributed by atoms with van der Waals surface area (Å²) in [5, 5.41) is 10.0. The molecular weight excluding hydrogens is 354 g/mol. The fraction of sp³-hybridized carbons (Fsp3) is 0.571. The zero-order chi connectivity index (χ0) is 19.3. The lowest BCUT2D eigenvalue weighted by atomic mass is 10.1. The highest BCUT2D eigenvalue weighted by Crippen LogP contribution is 2.39. The molecule has 3 aliphatic heterocycles. The van der Waals surface area contributed by atoms with Gasteiger partial charge in [0, 0.05) is 44.3 Å². The number of aliphatic hydroxyl groups is 1. The third kappa shape index (κ3) is 3.12. The van der Waals surface area contributed by atoms with Crippen molar-refractivity contribution < 1.29 is 5.11 Å². The van der Waals surface area contributed by atoms with Gasteiger partial charge in [-0.1, -0.05) is 0 Å². The van der Waals surface area contributed by atoms with E-state index in [4.69, 9.17) is 9.97 Å². The molecule has 148 valence electrons. The maximum absolute atomic E-state index is 13.3. The Morgan fingerprint density at radius 3 is 2.71 bits per heavy atom. The predicted octanol–water partition coefficient (Wildman–Crippen LogP) is 1.81. The lowest BCUT2D eigenvalue weighted by molar-refractivity contribution is 0.250. The van der Waals surface area contributed by atoms with Crippen LogP contribution >= 0.6 is 0 Å². The van der Waals surface area contributed by atoms with E-state index in [1.165, 1.54) is 0 Å². The maximum atomic E-state index is 13.3. The molecule has 4 fully saturated rings.